The molecule has 4 heteroatoms. The van der Waals surface area contributed by atoms with Crippen LogP contribution in [-0.2, 0) is 13.1 Å². The second kappa shape index (κ2) is 5.27. The number of rotatable bonds is 4. The van der Waals surface area contributed by atoms with Crippen LogP contribution in [0.5, 0.6) is 0 Å². The van der Waals surface area contributed by atoms with E-state index in [1.54, 1.807) is 18.6 Å². The van der Waals surface area contributed by atoms with Gasteiger partial charge in [0, 0.05) is 18.7 Å². The first kappa shape index (κ1) is 11.4. The third kappa shape index (κ3) is 2.93. The van der Waals surface area contributed by atoms with Gasteiger partial charge < -0.3 is 9.73 Å². The van der Waals surface area contributed by atoms with Crippen molar-refractivity contribution in [1.29, 1.82) is 0 Å². The standard InChI is InChI=1S/C12H11BrFNO/c13-11-2-1-9(5-12(11)14)6-15-7-10-3-4-16-8-10/h1-5,8,15H,6-7H2. The van der Waals surface area contributed by atoms with E-state index >= 15 is 0 Å². The van der Waals surface area contributed by atoms with Gasteiger partial charge in [0.05, 0.1) is 17.0 Å². The van der Waals surface area contributed by atoms with Crippen molar-refractivity contribution < 1.29 is 8.81 Å². The molecule has 0 fully saturated rings. The Bertz CT molecular complexity index is 456. The predicted octanol–water partition coefficient (Wildman–Crippen LogP) is 3.47. The summed E-state index contributed by atoms with van der Waals surface area (Å²) in [4.78, 5) is 0. The molecule has 1 aromatic heterocycles. The number of hydrogen-bond acceptors (Lipinski definition) is 2. The molecule has 2 nitrogen and oxygen atoms in total. The lowest BCUT2D eigenvalue weighted by molar-refractivity contribution is 0.560. The highest BCUT2D eigenvalue weighted by molar-refractivity contribution is 9.10. The van der Waals surface area contributed by atoms with Crippen molar-refractivity contribution >= 4 is 15.9 Å². The van der Waals surface area contributed by atoms with Crippen molar-refractivity contribution in [2.75, 3.05) is 0 Å². The Morgan fingerprint density at radius 1 is 1.19 bits per heavy atom. The fraction of sp³-hybridized carbons (Fsp3) is 0.167. The van der Waals surface area contributed by atoms with Crippen LogP contribution in [0, 0.1) is 5.82 Å². The number of nitrogens with one attached hydrogen (secondary N) is 1. The van der Waals surface area contributed by atoms with Gasteiger partial charge in [-0.3, -0.25) is 0 Å². The first-order valence-corrected chi connectivity index (χ1v) is 5.71. The number of hydrogen-bond donors (Lipinski definition) is 1. The normalized spacial score (nSPS) is 10.6. The first-order chi connectivity index (χ1) is 7.75. The summed E-state index contributed by atoms with van der Waals surface area (Å²) in [6.07, 6.45) is 3.32. The molecule has 2 rings (SSSR count). The van der Waals surface area contributed by atoms with Crippen molar-refractivity contribution in [1.82, 2.24) is 5.32 Å². The van der Waals surface area contributed by atoms with Crippen molar-refractivity contribution in [3.63, 3.8) is 0 Å². The highest BCUT2D eigenvalue weighted by atomic mass is 79.9. The van der Waals surface area contributed by atoms with Crippen LogP contribution in [-0.4, -0.2) is 0 Å². The van der Waals surface area contributed by atoms with E-state index in [2.05, 4.69) is 21.2 Å². The molecule has 0 aliphatic heterocycles. The highest BCUT2D eigenvalue weighted by Gasteiger charge is 2.00. The van der Waals surface area contributed by atoms with Gasteiger partial charge in [-0.1, -0.05) is 6.07 Å². The molecule has 1 aromatic carbocycles. The van der Waals surface area contributed by atoms with E-state index in [0.717, 1.165) is 11.1 Å². The van der Waals surface area contributed by atoms with Crippen molar-refractivity contribution in [2.24, 2.45) is 0 Å². The minimum atomic E-state index is -0.234. The quantitative estimate of drug-likeness (QED) is 0.930. The molecular weight excluding hydrogens is 273 g/mol. The van der Waals surface area contributed by atoms with E-state index in [-0.39, 0.29) is 5.82 Å². The van der Waals surface area contributed by atoms with Crippen LogP contribution in [0.2, 0.25) is 0 Å². The summed E-state index contributed by atoms with van der Waals surface area (Å²) in [5, 5.41) is 3.21. The number of halogens is 2. The lowest BCUT2D eigenvalue weighted by Gasteiger charge is -2.04. The van der Waals surface area contributed by atoms with Crippen LogP contribution in [0.25, 0.3) is 0 Å². The van der Waals surface area contributed by atoms with Gasteiger partial charge >= 0.3 is 0 Å². The predicted molar refractivity (Wildman–Crippen MR) is 63.4 cm³/mol. The molecule has 0 amide bonds. The van der Waals surface area contributed by atoms with Gasteiger partial charge in [-0.2, -0.15) is 0 Å². The molecular formula is C12H11BrFNO. The lowest BCUT2D eigenvalue weighted by Crippen LogP contribution is -2.12. The van der Waals surface area contributed by atoms with E-state index in [1.807, 2.05) is 12.1 Å². The summed E-state index contributed by atoms with van der Waals surface area (Å²) < 4.78 is 18.6. The van der Waals surface area contributed by atoms with E-state index < -0.39 is 0 Å². The largest absolute Gasteiger partial charge is 0.472 e. The molecule has 16 heavy (non-hydrogen) atoms. The monoisotopic (exact) mass is 283 g/mol. The zero-order valence-corrected chi connectivity index (χ0v) is 10.1. The Labute approximate surface area is 102 Å². The lowest BCUT2D eigenvalue weighted by atomic mass is 10.2. The van der Waals surface area contributed by atoms with E-state index in [4.69, 9.17) is 4.42 Å². The molecule has 0 saturated heterocycles. The minimum absolute atomic E-state index is 0.234. The molecule has 0 saturated carbocycles. The Morgan fingerprint density at radius 2 is 2.00 bits per heavy atom. The molecule has 1 N–H and O–H groups in total. The maximum Gasteiger partial charge on any atom is 0.137 e. The second-order valence-corrected chi connectivity index (χ2v) is 4.34. The Morgan fingerprint density at radius 3 is 2.69 bits per heavy atom. The molecule has 2 aromatic rings. The van der Waals surface area contributed by atoms with E-state index in [0.29, 0.717) is 17.6 Å². The van der Waals surface area contributed by atoms with Gasteiger partial charge in [-0.25, -0.2) is 4.39 Å². The number of furan rings is 1. The van der Waals surface area contributed by atoms with Crippen LogP contribution in [0.15, 0.2) is 45.7 Å². The molecule has 1 heterocycles. The third-order valence-corrected chi connectivity index (χ3v) is 2.87. The van der Waals surface area contributed by atoms with Crippen LogP contribution >= 0.6 is 15.9 Å². The van der Waals surface area contributed by atoms with Gasteiger partial charge in [0.1, 0.15) is 5.82 Å². The zero-order valence-electron chi connectivity index (χ0n) is 8.54. The molecule has 0 unspecified atom stereocenters. The van der Waals surface area contributed by atoms with Crippen LogP contribution in [0.3, 0.4) is 0 Å². The first-order valence-electron chi connectivity index (χ1n) is 4.91. The zero-order chi connectivity index (χ0) is 11.4. The van der Waals surface area contributed by atoms with E-state index in [1.165, 1.54) is 6.07 Å². The van der Waals surface area contributed by atoms with Crippen molar-refractivity contribution in [2.45, 2.75) is 13.1 Å². The fourth-order valence-corrected chi connectivity index (χ4v) is 1.64. The van der Waals surface area contributed by atoms with Gasteiger partial charge in [0.25, 0.3) is 0 Å². The van der Waals surface area contributed by atoms with Crippen molar-refractivity contribution in [3.8, 4) is 0 Å². The Hall–Kier alpha value is -1.13. The average molecular weight is 284 g/mol. The minimum Gasteiger partial charge on any atom is -0.472 e. The van der Waals surface area contributed by atoms with Gasteiger partial charge in [-0.05, 0) is 39.7 Å². The highest BCUT2D eigenvalue weighted by Crippen LogP contribution is 2.16. The molecule has 0 aliphatic rings. The Kier molecular flexibility index (Phi) is 3.74. The third-order valence-electron chi connectivity index (χ3n) is 2.22. The molecule has 0 aliphatic carbocycles. The maximum atomic E-state index is 13.2. The summed E-state index contributed by atoms with van der Waals surface area (Å²) in [7, 11) is 0. The summed E-state index contributed by atoms with van der Waals surface area (Å²) in [6.45, 7) is 1.35. The molecule has 0 spiro atoms. The number of benzene rings is 1. The average Bonchev–Trinajstić information content (AvgIpc) is 2.76. The van der Waals surface area contributed by atoms with Crippen molar-refractivity contribution in [3.05, 3.63) is 58.2 Å². The SMILES string of the molecule is Fc1cc(CNCc2ccoc2)ccc1Br. The molecule has 0 radical (unpaired) electrons. The molecule has 0 bridgehead atoms. The second-order valence-electron chi connectivity index (χ2n) is 3.48. The Balaban J connectivity index is 1.87. The summed E-state index contributed by atoms with van der Waals surface area (Å²) in [5.41, 5.74) is 2.00. The van der Waals surface area contributed by atoms with Gasteiger partial charge in [-0.15, -0.1) is 0 Å². The van der Waals surface area contributed by atoms with Gasteiger partial charge in [0.2, 0.25) is 0 Å². The van der Waals surface area contributed by atoms with Gasteiger partial charge in [0.15, 0.2) is 0 Å². The van der Waals surface area contributed by atoms with E-state index in [9.17, 15) is 4.39 Å². The topological polar surface area (TPSA) is 25.2 Å². The summed E-state index contributed by atoms with van der Waals surface area (Å²) in [5.74, 6) is -0.234. The smallest absolute Gasteiger partial charge is 0.137 e. The van der Waals surface area contributed by atoms with Crippen LogP contribution < -0.4 is 5.32 Å². The molecule has 84 valence electrons. The maximum absolute atomic E-state index is 13.2. The summed E-state index contributed by atoms with van der Waals surface area (Å²) in [6, 6.07) is 7.02. The molecule has 0 atom stereocenters. The summed E-state index contributed by atoms with van der Waals surface area (Å²) >= 11 is 3.12. The fourth-order valence-electron chi connectivity index (χ4n) is 1.39. The van der Waals surface area contributed by atoms with Crippen LogP contribution in [0.4, 0.5) is 4.39 Å². The van der Waals surface area contributed by atoms with Crippen LogP contribution in [0.1, 0.15) is 11.1 Å².